The van der Waals surface area contributed by atoms with Crippen molar-refractivity contribution in [2.75, 3.05) is 13.6 Å². The number of rotatable bonds is 10. The minimum atomic E-state index is -0.0654. The van der Waals surface area contributed by atoms with E-state index in [9.17, 15) is 9.59 Å². The third kappa shape index (κ3) is 6.49. The first-order valence-corrected chi connectivity index (χ1v) is 12.1. The first-order valence-electron chi connectivity index (χ1n) is 11.7. The highest BCUT2D eigenvalue weighted by Gasteiger charge is 2.16. The number of para-hydroxylation sites is 2. The highest BCUT2D eigenvalue weighted by atomic mass is 35.5. The zero-order valence-electron chi connectivity index (χ0n) is 19.8. The van der Waals surface area contributed by atoms with Crippen molar-refractivity contribution >= 4 is 34.4 Å². The predicted octanol–water partition coefficient (Wildman–Crippen LogP) is 4.64. The molecule has 3 aromatic carbocycles. The third-order valence-electron chi connectivity index (χ3n) is 5.92. The summed E-state index contributed by atoms with van der Waals surface area (Å²) in [4.78, 5) is 31.9. The Morgan fingerprint density at radius 3 is 2.49 bits per heavy atom. The van der Waals surface area contributed by atoms with Gasteiger partial charge < -0.3 is 14.8 Å². The molecule has 0 aliphatic rings. The molecular formula is C28H29ClN4O2. The Bertz CT molecular complexity index is 1300. The Hall–Kier alpha value is -3.64. The number of likely N-dealkylation sites (N-methyl/N-ethyl adjacent to an activating group) is 1. The number of hydrogen-bond acceptors (Lipinski definition) is 3. The Morgan fingerprint density at radius 1 is 0.971 bits per heavy atom. The Balaban J connectivity index is 1.37. The number of nitrogens with zero attached hydrogens (tertiary/aromatic N) is 3. The lowest BCUT2D eigenvalue weighted by atomic mass is 10.1. The van der Waals surface area contributed by atoms with Crippen LogP contribution in [0.4, 0.5) is 0 Å². The smallest absolute Gasteiger partial charge is 0.242 e. The van der Waals surface area contributed by atoms with Crippen LogP contribution in [0.1, 0.15) is 23.4 Å². The van der Waals surface area contributed by atoms with E-state index in [1.54, 1.807) is 11.0 Å². The van der Waals surface area contributed by atoms with Crippen LogP contribution in [-0.4, -0.2) is 39.9 Å². The van der Waals surface area contributed by atoms with Crippen molar-refractivity contribution in [3.05, 3.63) is 101 Å². The molecule has 1 aromatic heterocycles. The lowest BCUT2D eigenvalue weighted by Crippen LogP contribution is -2.30. The number of fused-ring (bicyclic) bond motifs is 1. The van der Waals surface area contributed by atoms with Gasteiger partial charge in [-0.2, -0.15) is 0 Å². The van der Waals surface area contributed by atoms with Crippen LogP contribution in [0.2, 0.25) is 5.02 Å². The van der Waals surface area contributed by atoms with E-state index >= 15 is 0 Å². The van der Waals surface area contributed by atoms with E-state index in [1.807, 2.05) is 84.4 Å². The van der Waals surface area contributed by atoms with E-state index in [2.05, 4.69) is 5.32 Å². The van der Waals surface area contributed by atoms with Gasteiger partial charge in [0.2, 0.25) is 11.8 Å². The van der Waals surface area contributed by atoms with E-state index in [0.717, 1.165) is 28.0 Å². The average molecular weight is 489 g/mol. The van der Waals surface area contributed by atoms with Crippen LogP contribution in [0.5, 0.6) is 0 Å². The van der Waals surface area contributed by atoms with Crippen molar-refractivity contribution in [3.8, 4) is 0 Å². The normalized spacial score (nSPS) is 10.9. The van der Waals surface area contributed by atoms with Crippen LogP contribution < -0.4 is 5.32 Å². The quantitative estimate of drug-likeness (QED) is 0.331. The van der Waals surface area contributed by atoms with Crippen molar-refractivity contribution < 1.29 is 9.59 Å². The van der Waals surface area contributed by atoms with E-state index in [1.165, 1.54) is 0 Å². The van der Waals surface area contributed by atoms with Crippen molar-refractivity contribution in [3.63, 3.8) is 0 Å². The number of benzene rings is 3. The van der Waals surface area contributed by atoms with Crippen LogP contribution in [0.3, 0.4) is 0 Å². The molecule has 0 fully saturated rings. The summed E-state index contributed by atoms with van der Waals surface area (Å²) in [7, 11) is 1.82. The maximum absolute atomic E-state index is 13.0. The van der Waals surface area contributed by atoms with Crippen LogP contribution >= 0.6 is 11.6 Å². The summed E-state index contributed by atoms with van der Waals surface area (Å²) in [5.74, 6) is 0.795. The molecule has 4 rings (SSSR count). The van der Waals surface area contributed by atoms with Gasteiger partial charge in [0.15, 0.2) is 0 Å². The van der Waals surface area contributed by atoms with Crippen LogP contribution in [0.25, 0.3) is 11.0 Å². The second-order valence-corrected chi connectivity index (χ2v) is 8.97. The largest absolute Gasteiger partial charge is 0.356 e. The molecule has 35 heavy (non-hydrogen) atoms. The SMILES string of the molecule is CN(Cc1ccccc1)C(=O)Cn1c(CCCNC(=O)Cc2ccccc2Cl)nc2ccccc21. The Morgan fingerprint density at radius 2 is 1.69 bits per heavy atom. The molecule has 4 aromatic rings. The molecule has 0 aliphatic heterocycles. The molecule has 1 N–H and O–H groups in total. The summed E-state index contributed by atoms with van der Waals surface area (Å²) in [5.41, 5.74) is 3.70. The maximum atomic E-state index is 13.0. The highest BCUT2D eigenvalue weighted by molar-refractivity contribution is 6.31. The zero-order valence-corrected chi connectivity index (χ0v) is 20.5. The number of imidazole rings is 1. The van der Waals surface area contributed by atoms with E-state index < -0.39 is 0 Å². The summed E-state index contributed by atoms with van der Waals surface area (Å²) < 4.78 is 1.99. The zero-order chi connectivity index (χ0) is 24.6. The van der Waals surface area contributed by atoms with E-state index in [0.29, 0.717) is 31.0 Å². The molecule has 0 radical (unpaired) electrons. The summed E-state index contributed by atoms with van der Waals surface area (Å²) in [6.45, 7) is 1.30. The number of aryl methyl sites for hydroxylation is 1. The number of carbonyl (C=O) groups is 2. The molecule has 0 atom stereocenters. The molecule has 0 spiro atoms. The second-order valence-electron chi connectivity index (χ2n) is 8.56. The predicted molar refractivity (Wildman–Crippen MR) is 139 cm³/mol. The molecule has 0 bridgehead atoms. The van der Waals surface area contributed by atoms with Crippen molar-refractivity contribution in [1.29, 1.82) is 0 Å². The summed E-state index contributed by atoms with van der Waals surface area (Å²) in [6.07, 6.45) is 1.61. The molecule has 6 nitrogen and oxygen atoms in total. The Kier molecular flexibility index (Phi) is 8.16. The fraction of sp³-hybridized carbons (Fsp3) is 0.250. The van der Waals surface area contributed by atoms with Gasteiger partial charge in [-0.15, -0.1) is 0 Å². The van der Waals surface area contributed by atoms with Gasteiger partial charge in [0.1, 0.15) is 12.4 Å². The van der Waals surface area contributed by atoms with Crippen LogP contribution in [0.15, 0.2) is 78.9 Å². The fourth-order valence-corrected chi connectivity index (χ4v) is 4.25. The molecule has 0 saturated heterocycles. The average Bonchev–Trinajstić information content (AvgIpc) is 3.21. The molecule has 0 aliphatic carbocycles. The van der Waals surface area contributed by atoms with Crippen molar-refractivity contribution in [1.82, 2.24) is 19.8 Å². The molecule has 1 heterocycles. The summed E-state index contributed by atoms with van der Waals surface area (Å²) >= 11 is 6.15. The lowest BCUT2D eigenvalue weighted by molar-refractivity contribution is -0.131. The van der Waals surface area contributed by atoms with Gasteiger partial charge in [-0.1, -0.05) is 72.3 Å². The standard InChI is InChI=1S/C28H29ClN4O2/c1-32(19-21-10-3-2-4-11-21)28(35)20-33-25-15-8-7-14-24(25)31-26(33)16-9-17-30-27(34)18-22-12-5-6-13-23(22)29/h2-8,10-15H,9,16-20H2,1H3,(H,30,34). The van der Waals surface area contributed by atoms with Gasteiger partial charge in [0, 0.05) is 31.6 Å². The first-order chi connectivity index (χ1) is 17.0. The maximum Gasteiger partial charge on any atom is 0.242 e. The minimum Gasteiger partial charge on any atom is -0.356 e. The molecule has 7 heteroatoms. The van der Waals surface area contributed by atoms with Crippen LogP contribution in [-0.2, 0) is 35.5 Å². The number of nitrogens with one attached hydrogen (secondary N) is 1. The molecular weight excluding hydrogens is 460 g/mol. The summed E-state index contributed by atoms with van der Waals surface area (Å²) in [5, 5.41) is 3.55. The lowest BCUT2D eigenvalue weighted by Gasteiger charge is -2.19. The number of amides is 2. The monoisotopic (exact) mass is 488 g/mol. The third-order valence-corrected chi connectivity index (χ3v) is 6.29. The highest BCUT2D eigenvalue weighted by Crippen LogP contribution is 2.18. The number of carbonyl (C=O) groups excluding carboxylic acids is 2. The van der Waals surface area contributed by atoms with E-state index in [4.69, 9.17) is 16.6 Å². The van der Waals surface area contributed by atoms with Crippen LogP contribution in [0, 0.1) is 0 Å². The minimum absolute atomic E-state index is 0.0197. The number of halogens is 1. The van der Waals surface area contributed by atoms with Gasteiger partial charge in [0.05, 0.1) is 17.5 Å². The van der Waals surface area contributed by atoms with Gasteiger partial charge in [0.25, 0.3) is 0 Å². The van der Waals surface area contributed by atoms with Gasteiger partial charge in [-0.3, -0.25) is 9.59 Å². The molecule has 2 amide bonds. The van der Waals surface area contributed by atoms with Crippen molar-refractivity contribution in [2.24, 2.45) is 0 Å². The number of hydrogen-bond donors (Lipinski definition) is 1. The first kappa shape index (κ1) is 24.5. The topological polar surface area (TPSA) is 67.2 Å². The Labute approximate surface area is 210 Å². The van der Waals surface area contributed by atoms with Gasteiger partial charge in [-0.05, 0) is 35.7 Å². The number of aromatic nitrogens is 2. The molecule has 180 valence electrons. The van der Waals surface area contributed by atoms with E-state index in [-0.39, 0.29) is 24.8 Å². The molecule has 0 saturated carbocycles. The second kappa shape index (κ2) is 11.7. The van der Waals surface area contributed by atoms with Crippen molar-refractivity contribution in [2.45, 2.75) is 32.4 Å². The summed E-state index contributed by atoms with van der Waals surface area (Å²) in [6, 6.07) is 25.2. The van der Waals surface area contributed by atoms with Gasteiger partial charge in [-0.25, -0.2) is 4.98 Å². The fourth-order valence-electron chi connectivity index (χ4n) is 4.05. The van der Waals surface area contributed by atoms with Gasteiger partial charge >= 0.3 is 0 Å². The molecule has 0 unspecified atom stereocenters.